The van der Waals surface area contributed by atoms with Gasteiger partial charge in [0.25, 0.3) is 5.91 Å². The fraction of sp³-hybridized carbons (Fsp3) is 0.111. The molecule has 1 heterocycles. The van der Waals surface area contributed by atoms with Crippen LogP contribution in [-0.2, 0) is 6.61 Å². The summed E-state index contributed by atoms with van der Waals surface area (Å²) in [6.07, 6.45) is 1.67. The molecular weight excluding hydrogens is 416 g/mol. The molecule has 0 atom stereocenters. The van der Waals surface area contributed by atoms with Gasteiger partial charge in [-0.15, -0.1) is 0 Å². The van der Waals surface area contributed by atoms with E-state index in [1.54, 1.807) is 36.5 Å². The molecule has 0 saturated carbocycles. The number of aromatic nitrogens is 1. The quantitative estimate of drug-likeness (QED) is 0.336. The first kappa shape index (κ1) is 21.9. The Morgan fingerprint density at radius 2 is 1.45 bits per heavy atom. The molecule has 166 valence electrons. The summed E-state index contributed by atoms with van der Waals surface area (Å²) in [5, 5.41) is 2.92. The summed E-state index contributed by atoms with van der Waals surface area (Å²) < 4.78 is 17.1. The molecule has 1 aromatic heterocycles. The highest BCUT2D eigenvalue weighted by molar-refractivity contribution is 6.05. The van der Waals surface area contributed by atoms with Gasteiger partial charge in [-0.05, 0) is 48.0 Å². The number of ether oxygens (including phenoxy) is 3. The lowest BCUT2D eigenvalue weighted by Gasteiger charge is -2.13. The summed E-state index contributed by atoms with van der Waals surface area (Å²) in [5.41, 5.74) is 2.19. The van der Waals surface area contributed by atoms with Crippen LogP contribution in [0.5, 0.6) is 17.4 Å². The predicted molar refractivity (Wildman–Crippen MR) is 127 cm³/mol. The normalized spacial score (nSPS) is 10.3. The molecule has 0 aliphatic rings. The fourth-order valence-electron chi connectivity index (χ4n) is 3.07. The third-order valence-electron chi connectivity index (χ3n) is 4.73. The van der Waals surface area contributed by atoms with Crippen molar-refractivity contribution in [3.05, 3.63) is 114 Å². The van der Waals surface area contributed by atoms with Crippen molar-refractivity contribution in [2.45, 2.75) is 6.61 Å². The lowest BCUT2D eigenvalue weighted by Crippen LogP contribution is -2.13. The highest BCUT2D eigenvalue weighted by atomic mass is 16.5. The number of pyridine rings is 1. The molecule has 0 aliphatic heterocycles. The summed E-state index contributed by atoms with van der Waals surface area (Å²) in [7, 11) is 0. The average molecular weight is 440 g/mol. The number of benzene rings is 3. The monoisotopic (exact) mass is 440 g/mol. The molecule has 0 aliphatic carbocycles. The summed E-state index contributed by atoms with van der Waals surface area (Å²) >= 11 is 0. The van der Waals surface area contributed by atoms with Gasteiger partial charge in [0, 0.05) is 17.8 Å². The van der Waals surface area contributed by atoms with E-state index in [4.69, 9.17) is 14.2 Å². The van der Waals surface area contributed by atoms with Gasteiger partial charge in [0.2, 0.25) is 5.88 Å². The molecule has 0 radical (unpaired) electrons. The van der Waals surface area contributed by atoms with Crippen molar-refractivity contribution in [3.63, 3.8) is 0 Å². The number of anilines is 1. The van der Waals surface area contributed by atoms with Crippen LogP contribution in [0.3, 0.4) is 0 Å². The van der Waals surface area contributed by atoms with E-state index in [2.05, 4.69) is 10.3 Å². The van der Waals surface area contributed by atoms with Crippen LogP contribution in [0, 0.1) is 0 Å². The van der Waals surface area contributed by atoms with Crippen LogP contribution in [0.15, 0.2) is 103 Å². The summed E-state index contributed by atoms with van der Waals surface area (Å²) in [6, 6.07) is 29.7. The van der Waals surface area contributed by atoms with Gasteiger partial charge in [0.05, 0.1) is 5.69 Å². The van der Waals surface area contributed by atoms with Crippen LogP contribution in [0.25, 0.3) is 0 Å². The zero-order chi connectivity index (χ0) is 22.7. The standard InChI is InChI=1S/C27H24N2O4/c30-27(29-24-10-4-5-11-25(24)33-20-21-8-2-1-3-9-21)22-13-15-23(16-14-22)31-18-19-32-26-12-6-7-17-28-26/h1-17H,18-20H2,(H,29,30). The Bertz CT molecular complexity index is 1150. The number of nitrogens with one attached hydrogen (secondary N) is 1. The fourth-order valence-corrected chi connectivity index (χ4v) is 3.07. The predicted octanol–water partition coefficient (Wildman–Crippen LogP) is 5.37. The van der Waals surface area contributed by atoms with Crippen LogP contribution in [0.1, 0.15) is 15.9 Å². The van der Waals surface area contributed by atoms with Crippen molar-refractivity contribution in [3.8, 4) is 17.4 Å². The first-order valence-electron chi connectivity index (χ1n) is 10.6. The number of nitrogens with zero attached hydrogens (tertiary/aromatic N) is 1. The van der Waals surface area contributed by atoms with E-state index in [1.807, 2.05) is 66.7 Å². The highest BCUT2D eigenvalue weighted by Gasteiger charge is 2.10. The molecule has 6 nitrogen and oxygen atoms in total. The van der Waals surface area contributed by atoms with E-state index < -0.39 is 0 Å². The van der Waals surface area contributed by atoms with Gasteiger partial charge >= 0.3 is 0 Å². The first-order valence-corrected chi connectivity index (χ1v) is 10.6. The topological polar surface area (TPSA) is 69.7 Å². The van der Waals surface area contributed by atoms with Crippen molar-refractivity contribution in [2.75, 3.05) is 18.5 Å². The number of hydrogen-bond donors (Lipinski definition) is 1. The second kappa shape index (κ2) is 11.3. The molecule has 0 unspecified atom stereocenters. The van der Waals surface area contributed by atoms with E-state index in [1.165, 1.54) is 0 Å². The van der Waals surface area contributed by atoms with E-state index in [9.17, 15) is 4.79 Å². The minimum Gasteiger partial charge on any atom is -0.490 e. The van der Waals surface area contributed by atoms with Crippen molar-refractivity contribution in [2.24, 2.45) is 0 Å². The number of para-hydroxylation sites is 2. The molecule has 4 rings (SSSR count). The molecule has 0 spiro atoms. The highest BCUT2D eigenvalue weighted by Crippen LogP contribution is 2.25. The molecule has 0 fully saturated rings. The van der Waals surface area contributed by atoms with E-state index in [0.717, 1.165) is 5.56 Å². The van der Waals surface area contributed by atoms with Crippen molar-refractivity contribution in [1.82, 2.24) is 4.98 Å². The van der Waals surface area contributed by atoms with Crippen LogP contribution in [-0.4, -0.2) is 24.1 Å². The second-order valence-corrected chi connectivity index (χ2v) is 7.11. The molecule has 1 amide bonds. The second-order valence-electron chi connectivity index (χ2n) is 7.11. The Hall–Kier alpha value is -4.32. The Kier molecular flexibility index (Phi) is 7.53. The van der Waals surface area contributed by atoms with Gasteiger partial charge < -0.3 is 19.5 Å². The largest absolute Gasteiger partial charge is 0.490 e. The third-order valence-corrected chi connectivity index (χ3v) is 4.73. The average Bonchev–Trinajstić information content (AvgIpc) is 2.88. The van der Waals surface area contributed by atoms with E-state index in [-0.39, 0.29) is 5.91 Å². The maximum atomic E-state index is 12.7. The molecule has 33 heavy (non-hydrogen) atoms. The smallest absolute Gasteiger partial charge is 0.255 e. The first-order chi connectivity index (χ1) is 16.3. The van der Waals surface area contributed by atoms with Gasteiger partial charge in [0.1, 0.15) is 31.3 Å². The zero-order valence-electron chi connectivity index (χ0n) is 18.0. The molecule has 4 aromatic rings. The molecule has 0 bridgehead atoms. The summed E-state index contributed by atoms with van der Waals surface area (Å²) in [5.74, 6) is 1.60. The summed E-state index contributed by atoms with van der Waals surface area (Å²) in [6.45, 7) is 1.16. The lowest BCUT2D eigenvalue weighted by atomic mass is 10.2. The molecule has 6 heteroatoms. The van der Waals surface area contributed by atoms with Crippen LogP contribution < -0.4 is 19.5 Å². The SMILES string of the molecule is O=C(Nc1ccccc1OCc1ccccc1)c1ccc(OCCOc2ccccn2)cc1. The number of carbonyl (C=O) groups excluding carboxylic acids is 1. The summed E-state index contributed by atoms with van der Waals surface area (Å²) in [4.78, 5) is 16.8. The Morgan fingerprint density at radius 1 is 0.727 bits per heavy atom. The Morgan fingerprint density at radius 3 is 2.24 bits per heavy atom. The van der Waals surface area contributed by atoms with Gasteiger partial charge in [-0.25, -0.2) is 4.98 Å². The van der Waals surface area contributed by atoms with Crippen molar-refractivity contribution >= 4 is 11.6 Å². The van der Waals surface area contributed by atoms with Crippen molar-refractivity contribution < 1.29 is 19.0 Å². The molecule has 0 saturated heterocycles. The molecule has 3 aromatic carbocycles. The lowest BCUT2D eigenvalue weighted by molar-refractivity contribution is 0.102. The van der Waals surface area contributed by atoms with Crippen LogP contribution in [0.4, 0.5) is 5.69 Å². The van der Waals surface area contributed by atoms with E-state index >= 15 is 0 Å². The van der Waals surface area contributed by atoms with Crippen LogP contribution in [0.2, 0.25) is 0 Å². The van der Waals surface area contributed by atoms with E-state index in [0.29, 0.717) is 48.5 Å². The van der Waals surface area contributed by atoms with Crippen LogP contribution >= 0.6 is 0 Å². The van der Waals surface area contributed by atoms with Crippen molar-refractivity contribution in [1.29, 1.82) is 0 Å². The van der Waals surface area contributed by atoms with Gasteiger partial charge in [-0.1, -0.05) is 48.5 Å². The maximum Gasteiger partial charge on any atom is 0.255 e. The number of rotatable bonds is 10. The Labute approximate surface area is 192 Å². The minimum atomic E-state index is -0.226. The maximum absolute atomic E-state index is 12.7. The van der Waals surface area contributed by atoms with Gasteiger partial charge in [-0.3, -0.25) is 4.79 Å². The molecule has 1 N–H and O–H groups in total. The Balaban J connectivity index is 1.29. The number of carbonyl (C=O) groups is 1. The number of hydrogen-bond acceptors (Lipinski definition) is 5. The zero-order valence-corrected chi connectivity index (χ0v) is 18.0. The number of amides is 1. The van der Waals surface area contributed by atoms with Gasteiger partial charge in [-0.2, -0.15) is 0 Å². The van der Waals surface area contributed by atoms with Gasteiger partial charge in [0.15, 0.2) is 0 Å². The minimum absolute atomic E-state index is 0.226. The third kappa shape index (κ3) is 6.58. The molecular formula is C27H24N2O4.